The zero-order chi connectivity index (χ0) is 7.84. The fourth-order valence-electron chi connectivity index (χ4n) is 1.87. The molecule has 1 saturated carbocycles. The van der Waals surface area contributed by atoms with Crippen LogP contribution in [0.15, 0.2) is 0 Å². The Morgan fingerprint density at radius 2 is 2.09 bits per heavy atom. The molecule has 1 aliphatic carbocycles. The summed E-state index contributed by atoms with van der Waals surface area (Å²) in [6.45, 7) is 0.637. The van der Waals surface area contributed by atoms with E-state index in [0.29, 0.717) is 18.4 Å². The van der Waals surface area contributed by atoms with Gasteiger partial charge in [0.05, 0.1) is 0 Å². The predicted octanol–water partition coefficient (Wildman–Crippen LogP) is 0.886. The number of carboxylic acids is 1. The molecule has 0 amide bonds. The maximum Gasteiger partial charge on any atom is 0.333 e. The van der Waals surface area contributed by atoms with Crippen LogP contribution in [0.3, 0.4) is 0 Å². The smallest absolute Gasteiger partial charge is 0.333 e. The molecule has 2 aliphatic rings. The van der Waals surface area contributed by atoms with Gasteiger partial charge in [0.15, 0.2) is 6.10 Å². The van der Waals surface area contributed by atoms with Gasteiger partial charge in [0.1, 0.15) is 0 Å². The molecule has 3 heteroatoms. The normalized spacial score (nSPS) is 37.5. The van der Waals surface area contributed by atoms with Crippen molar-refractivity contribution in [2.75, 3.05) is 6.61 Å². The Morgan fingerprint density at radius 3 is 2.64 bits per heavy atom. The van der Waals surface area contributed by atoms with E-state index in [2.05, 4.69) is 0 Å². The van der Waals surface area contributed by atoms with E-state index >= 15 is 0 Å². The van der Waals surface area contributed by atoms with Crippen molar-refractivity contribution in [3.8, 4) is 0 Å². The summed E-state index contributed by atoms with van der Waals surface area (Å²) in [7, 11) is 0. The molecular weight excluding hydrogens is 144 g/mol. The van der Waals surface area contributed by atoms with Gasteiger partial charge < -0.3 is 9.84 Å². The lowest BCUT2D eigenvalue weighted by Crippen LogP contribution is -2.27. The van der Waals surface area contributed by atoms with Gasteiger partial charge in [-0.05, 0) is 25.2 Å². The van der Waals surface area contributed by atoms with E-state index in [1.165, 1.54) is 12.8 Å². The molecule has 2 rings (SSSR count). The highest BCUT2D eigenvalue weighted by molar-refractivity contribution is 5.73. The third-order valence-electron chi connectivity index (χ3n) is 2.61. The summed E-state index contributed by atoms with van der Waals surface area (Å²) in [6.07, 6.45) is 2.86. The second-order valence-corrected chi connectivity index (χ2v) is 3.42. The van der Waals surface area contributed by atoms with E-state index in [0.717, 1.165) is 6.42 Å². The maximum absolute atomic E-state index is 10.6. The molecule has 0 aromatic heterocycles. The average Bonchev–Trinajstić information content (AvgIpc) is 2.68. The largest absolute Gasteiger partial charge is 0.479 e. The molecule has 1 heterocycles. The predicted molar refractivity (Wildman–Crippen MR) is 38.2 cm³/mol. The van der Waals surface area contributed by atoms with Gasteiger partial charge in [-0.1, -0.05) is 0 Å². The minimum absolute atomic E-state index is 0.312. The highest BCUT2D eigenvalue weighted by atomic mass is 16.5. The first kappa shape index (κ1) is 7.10. The van der Waals surface area contributed by atoms with Crippen molar-refractivity contribution >= 4 is 5.97 Å². The molecule has 0 bridgehead atoms. The first-order chi connectivity index (χ1) is 5.29. The fraction of sp³-hybridized carbons (Fsp3) is 0.875. The van der Waals surface area contributed by atoms with Gasteiger partial charge >= 0.3 is 5.97 Å². The van der Waals surface area contributed by atoms with Crippen LogP contribution >= 0.6 is 0 Å². The van der Waals surface area contributed by atoms with E-state index in [9.17, 15) is 4.79 Å². The molecule has 3 nitrogen and oxygen atoms in total. The van der Waals surface area contributed by atoms with Crippen LogP contribution in [0.25, 0.3) is 0 Å². The van der Waals surface area contributed by atoms with Gasteiger partial charge in [-0.15, -0.1) is 0 Å². The van der Waals surface area contributed by atoms with E-state index < -0.39 is 12.1 Å². The zero-order valence-electron chi connectivity index (χ0n) is 6.32. The van der Waals surface area contributed by atoms with Crippen molar-refractivity contribution in [3.05, 3.63) is 0 Å². The van der Waals surface area contributed by atoms with Crippen LogP contribution < -0.4 is 0 Å². The molecule has 0 aromatic rings. The zero-order valence-corrected chi connectivity index (χ0v) is 6.32. The number of hydrogen-bond acceptors (Lipinski definition) is 2. The second-order valence-electron chi connectivity index (χ2n) is 3.42. The molecular formula is C8H12O3. The van der Waals surface area contributed by atoms with E-state index in [1.807, 2.05) is 0 Å². The number of carboxylic acid groups (broad SMARTS) is 1. The molecule has 1 aliphatic heterocycles. The number of carbonyl (C=O) groups is 1. The number of aliphatic carboxylic acids is 1. The van der Waals surface area contributed by atoms with Gasteiger partial charge in [0.2, 0.25) is 0 Å². The number of ether oxygens (including phenoxy) is 1. The molecule has 11 heavy (non-hydrogen) atoms. The summed E-state index contributed by atoms with van der Waals surface area (Å²) in [5, 5.41) is 8.74. The van der Waals surface area contributed by atoms with E-state index in [1.54, 1.807) is 0 Å². The lowest BCUT2D eigenvalue weighted by Gasteiger charge is -2.12. The van der Waals surface area contributed by atoms with Crippen LogP contribution in [0, 0.1) is 11.8 Å². The van der Waals surface area contributed by atoms with Crippen LogP contribution in [0.4, 0.5) is 0 Å². The van der Waals surface area contributed by atoms with Crippen LogP contribution in [-0.2, 0) is 9.53 Å². The van der Waals surface area contributed by atoms with Gasteiger partial charge in [-0.3, -0.25) is 0 Å². The highest BCUT2D eigenvalue weighted by Crippen LogP contribution is 2.43. The molecule has 2 atom stereocenters. The Bertz CT molecular complexity index is 174. The topological polar surface area (TPSA) is 46.5 Å². The summed E-state index contributed by atoms with van der Waals surface area (Å²) in [5.74, 6) is 0.186. The highest BCUT2D eigenvalue weighted by Gasteiger charge is 2.43. The Kier molecular flexibility index (Phi) is 1.60. The molecule has 0 aromatic carbocycles. The van der Waals surface area contributed by atoms with Gasteiger partial charge in [0.25, 0.3) is 0 Å². The van der Waals surface area contributed by atoms with Crippen LogP contribution in [0.5, 0.6) is 0 Å². The van der Waals surface area contributed by atoms with E-state index in [4.69, 9.17) is 9.84 Å². The lowest BCUT2D eigenvalue weighted by atomic mass is 9.96. The summed E-state index contributed by atoms with van der Waals surface area (Å²) in [4.78, 5) is 10.6. The maximum atomic E-state index is 10.6. The molecule has 62 valence electrons. The van der Waals surface area contributed by atoms with Crippen molar-refractivity contribution in [1.82, 2.24) is 0 Å². The third-order valence-corrected chi connectivity index (χ3v) is 2.61. The second kappa shape index (κ2) is 2.48. The molecule has 1 saturated heterocycles. The van der Waals surface area contributed by atoms with Crippen molar-refractivity contribution in [1.29, 1.82) is 0 Å². The Morgan fingerprint density at radius 1 is 1.36 bits per heavy atom. The summed E-state index contributed by atoms with van der Waals surface area (Å²) >= 11 is 0. The first-order valence-corrected chi connectivity index (χ1v) is 4.13. The fourth-order valence-corrected chi connectivity index (χ4v) is 1.87. The molecule has 1 N–H and O–H groups in total. The number of rotatable bonds is 2. The Labute approximate surface area is 65.4 Å². The van der Waals surface area contributed by atoms with Crippen molar-refractivity contribution in [2.45, 2.75) is 25.4 Å². The molecule has 0 radical (unpaired) electrons. The average molecular weight is 156 g/mol. The summed E-state index contributed by atoms with van der Waals surface area (Å²) in [5.41, 5.74) is 0. The first-order valence-electron chi connectivity index (χ1n) is 4.13. The van der Waals surface area contributed by atoms with Crippen molar-refractivity contribution in [2.24, 2.45) is 11.8 Å². The SMILES string of the molecule is O=C(O)C1OCCC1C1CC1. The molecule has 0 spiro atoms. The molecule has 2 unspecified atom stereocenters. The number of hydrogen-bond donors (Lipinski definition) is 1. The molecule has 2 fully saturated rings. The van der Waals surface area contributed by atoms with Crippen LogP contribution in [-0.4, -0.2) is 23.8 Å². The van der Waals surface area contributed by atoms with Gasteiger partial charge in [-0.25, -0.2) is 4.79 Å². The minimum atomic E-state index is -0.778. The van der Waals surface area contributed by atoms with Crippen LogP contribution in [0.1, 0.15) is 19.3 Å². The summed E-state index contributed by atoms with van der Waals surface area (Å²) < 4.78 is 5.13. The van der Waals surface area contributed by atoms with Gasteiger partial charge in [-0.2, -0.15) is 0 Å². The quantitative estimate of drug-likeness (QED) is 0.645. The minimum Gasteiger partial charge on any atom is -0.479 e. The van der Waals surface area contributed by atoms with Crippen molar-refractivity contribution in [3.63, 3.8) is 0 Å². The van der Waals surface area contributed by atoms with Crippen LogP contribution in [0.2, 0.25) is 0 Å². The van der Waals surface area contributed by atoms with Gasteiger partial charge in [0, 0.05) is 12.5 Å². The standard InChI is InChI=1S/C8H12O3/c9-8(10)7-6(3-4-11-7)5-1-2-5/h5-7H,1-4H2,(H,9,10). The Hall–Kier alpha value is -0.570. The Balaban J connectivity index is 2.01. The lowest BCUT2D eigenvalue weighted by molar-refractivity contribution is -0.149. The van der Waals surface area contributed by atoms with Crippen molar-refractivity contribution < 1.29 is 14.6 Å². The third kappa shape index (κ3) is 1.25. The summed E-state index contributed by atoms with van der Waals surface area (Å²) in [6, 6.07) is 0. The van der Waals surface area contributed by atoms with E-state index in [-0.39, 0.29) is 0 Å². The monoisotopic (exact) mass is 156 g/mol.